The summed E-state index contributed by atoms with van der Waals surface area (Å²) in [6.07, 6.45) is 12.1. The van der Waals surface area contributed by atoms with E-state index in [0.29, 0.717) is 6.04 Å². The van der Waals surface area contributed by atoms with Crippen molar-refractivity contribution in [2.45, 2.75) is 90.1 Å². The third-order valence-corrected chi connectivity index (χ3v) is 4.36. The smallest absolute Gasteiger partial charge is 0.320 e. The average Bonchev–Trinajstić information content (AvgIpc) is 2.42. The lowest BCUT2D eigenvalue weighted by Crippen LogP contribution is -2.42. The van der Waals surface area contributed by atoms with E-state index >= 15 is 0 Å². The molecule has 0 aliphatic heterocycles. The molecule has 0 bridgehead atoms. The fourth-order valence-corrected chi connectivity index (χ4v) is 3.07. The number of hydrogen-bond donors (Lipinski definition) is 2. The Morgan fingerprint density at radius 1 is 1.26 bits per heavy atom. The highest BCUT2D eigenvalue weighted by Crippen LogP contribution is 2.27. The van der Waals surface area contributed by atoms with Gasteiger partial charge >= 0.3 is 5.97 Å². The maximum Gasteiger partial charge on any atom is 0.320 e. The van der Waals surface area contributed by atoms with Crippen LogP contribution >= 0.6 is 0 Å². The van der Waals surface area contributed by atoms with Crippen molar-refractivity contribution in [1.82, 2.24) is 5.32 Å². The molecule has 0 spiro atoms. The van der Waals surface area contributed by atoms with Crippen molar-refractivity contribution in [3.63, 3.8) is 0 Å². The van der Waals surface area contributed by atoms with Gasteiger partial charge in [0, 0.05) is 6.04 Å². The van der Waals surface area contributed by atoms with Gasteiger partial charge in [-0.3, -0.25) is 4.79 Å². The van der Waals surface area contributed by atoms with Crippen LogP contribution in [0.25, 0.3) is 0 Å². The van der Waals surface area contributed by atoms with Crippen molar-refractivity contribution in [1.29, 1.82) is 0 Å². The molecule has 1 fully saturated rings. The van der Waals surface area contributed by atoms with Crippen LogP contribution in [0.5, 0.6) is 0 Å². The zero-order valence-corrected chi connectivity index (χ0v) is 12.7. The van der Waals surface area contributed by atoms with Crippen LogP contribution in [0.1, 0.15) is 78.1 Å². The first kappa shape index (κ1) is 16.5. The number of rotatable bonds is 9. The molecule has 1 aliphatic carbocycles. The topological polar surface area (TPSA) is 49.3 Å². The highest BCUT2D eigenvalue weighted by Gasteiger charge is 2.20. The Kier molecular flexibility index (Phi) is 8.11. The van der Waals surface area contributed by atoms with E-state index in [-0.39, 0.29) is 6.04 Å². The summed E-state index contributed by atoms with van der Waals surface area (Å²) in [4.78, 5) is 11.2. The van der Waals surface area contributed by atoms with Gasteiger partial charge in [-0.25, -0.2) is 0 Å². The van der Waals surface area contributed by atoms with Crippen LogP contribution in [0.2, 0.25) is 0 Å². The Hall–Kier alpha value is -0.570. The first-order chi connectivity index (χ1) is 9.13. The van der Waals surface area contributed by atoms with Gasteiger partial charge in [-0.1, -0.05) is 51.9 Å². The molecule has 1 rings (SSSR count). The lowest BCUT2D eigenvalue weighted by molar-refractivity contribution is -0.139. The molecule has 0 radical (unpaired) electrons. The molecule has 0 aromatic rings. The van der Waals surface area contributed by atoms with Crippen LogP contribution in [0.15, 0.2) is 0 Å². The van der Waals surface area contributed by atoms with Crippen LogP contribution in [-0.2, 0) is 4.79 Å². The minimum atomic E-state index is -0.696. The number of aliphatic carboxylic acids is 1. The number of carboxylic acids is 1. The Labute approximate surface area is 118 Å². The molecule has 0 aromatic carbocycles. The summed E-state index contributed by atoms with van der Waals surface area (Å²) in [6, 6.07) is -0.0406. The largest absolute Gasteiger partial charge is 0.480 e. The summed E-state index contributed by atoms with van der Waals surface area (Å²) in [7, 11) is 0. The normalized spacial score (nSPS) is 20.1. The van der Waals surface area contributed by atoms with Gasteiger partial charge in [-0.05, 0) is 32.1 Å². The second-order valence-corrected chi connectivity index (χ2v) is 6.18. The van der Waals surface area contributed by atoms with Gasteiger partial charge in [0.25, 0.3) is 0 Å². The zero-order valence-electron chi connectivity index (χ0n) is 12.7. The second-order valence-electron chi connectivity index (χ2n) is 6.18. The summed E-state index contributed by atoms with van der Waals surface area (Å²) in [5.41, 5.74) is 0. The molecular formula is C16H31NO2. The number of nitrogens with one attached hydrogen (secondary N) is 1. The van der Waals surface area contributed by atoms with E-state index in [1.165, 1.54) is 38.5 Å². The number of carbonyl (C=O) groups is 1. The van der Waals surface area contributed by atoms with E-state index in [2.05, 4.69) is 19.2 Å². The molecule has 2 atom stereocenters. The molecule has 0 amide bonds. The molecule has 0 aromatic heterocycles. The molecule has 1 saturated carbocycles. The van der Waals surface area contributed by atoms with E-state index in [1.54, 1.807) is 0 Å². The van der Waals surface area contributed by atoms with Crippen LogP contribution < -0.4 is 5.32 Å². The molecule has 19 heavy (non-hydrogen) atoms. The van der Waals surface area contributed by atoms with Crippen molar-refractivity contribution in [3.8, 4) is 0 Å². The van der Waals surface area contributed by atoms with Gasteiger partial charge in [0.15, 0.2) is 0 Å². The molecule has 3 heteroatoms. The predicted molar refractivity (Wildman–Crippen MR) is 79.4 cm³/mol. The van der Waals surface area contributed by atoms with Crippen molar-refractivity contribution in [3.05, 3.63) is 0 Å². The van der Waals surface area contributed by atoms with Crippen molar-refractivity contribution < 1.29 is 9.90 Å². The highest BCUT2D eigenvalue weighted by atomic mass is 16.4. The average molecular weight is 269 g/mol. The van der Waals surface area contributed by atoms with Gasteiger partial charge in [-0.15, -0.1) is 0 Å². The monoisotopic (exact) mass is 269 g/mol. The van der Waals surface area contributed by atoms with E-state index in [4.69, 9.17) is 0 Å². The quantitative estimate of drug-likeness (QED) is 0.666. The molecule has 112 valence electrons. The van der Waals surface area contributed by atoms with Gasteiger partial charge in [0.2, 0.25) is 0 Å². The highest BCUT2D eigenvalue weighted by molar-refractivity contribution is 5.73. The fraction of sp³-hybridized carbons (Fsp3) is 0.938. The van der Waals surface area contributed by atoms with E-state index in [9.17, 15) is 9.90 Å². The first-order valence-electron chi connectivity index (χ1n) is 8.12. The summed E-state index contributed by atoms with van der Waals surface area (Å²) >= 11 is 0. The third-order valence-electron chi connectivity index (χ3n) is 4.36. The lowest BCUT2D eigenvalue weighted by atomic mass is 9.85. The molecule has 2 unspecified atom stereocenters. The number of hydrogen-bond acceptors (Lipinski definition) is 2. The minimum absolute atomic E-state index is 0.319. The van der Waals surface area contributed by atoms with Crippen LogP contribution in [0, 0.1) is 5.92 Å². The summed E-state index contributed by atoms with van der Waals surface area (Å²) in [5, 5.41) is 12.5. The van der Waals surface area contributed by atoms with Gasteiger partial charge in [-0.2, -0.15) is 0 Å². The molecular weight excluding hydrogens is 238 g/mol. The minimum Gasteiger partial charge on any atom is -0.480 e. The van der Waals surface area contributed by atoms with Gasteiger partial charge in [0.1, 0.15) is 6.04 Å². The van der Waals surface area contributed by atoms with Gasteiger partial charge < -0.3 is 10.4 Å². The Bertz CT molecular complexity index is 249. The van der Waals surface area contributed by atoms with E-state index in [0.717, 1.165) is 31.6 Å². The molecule has 0 heterocycles. The van der Waals surface area contributed by atoms with Crippen molar-refractivity contribution in [2.24, 2.45) is 5.92 Å². The maximum atomic E-state index is 11.2. The zero-order chi connectivity index (χ0) is 14.1. The SMILES string of the molecule is CCCCC(NC(C)CCC1CCCCC1)C(=O)O. The lowest BCUT2D eigenvalue weighted by Gasteiger charge is -2.25. The standard InChI is InChI=1S/C16H31NO2/c1-3-4-10-15(16(18)19)17-13(2)11-12-14-8-6-5-7-9-14/h13-15,17H,3-12H2,1-2H3,(H,18,19). The Balaban J connectivity index is 2.22. The predicted octanol–water partition coefficient (Wildman–Crippen LogP) is 3.97. The third kappa shape index (κ3) is 6.95. The van der Waals surface area contributed by atoms with Crippen molar-refractivity contribution in [2.75, 3.05) is 0 Å². The molecule has 3 nitrogen and oxygen atoms in total. The van der Waals surface area contributed by atoms with Crippen LogP contribution in [0.4, 0.5) is 0 Å². The molecule has 0 saturated heterocycles. The van der Waals surface area contributed by atoms with E-state index < -0.39 is 5.97 Å². The maximum absolute atomic E-state index is 11.2. The van der Waals surface area contributed by atoms with Gasteiger partial charge in [0.05, 0.1) is 0 Å². The summed E-state index contributed by atoms with van der Waals surface area (Å²) in [6.45, 7) is 4.23. The van der Waals surface area contributed by atoms with Crippen LogP contribution in [-0.4, -0.2) is 23.2 Å². The number of carboxylic acid groups (broad SMARTS) is 1. The summed E-state index contributed by atoms with van der Waals surface area (Å²) in [5.74, 6) is 0.190. The Morgan fingerprint density at radius 3 is 2.53 bits per heavy atom. The number of unbranched alkanes of at least 4 members (excludes halogenated alkanes) is 1. The van der Waals surface area contributed by atoms with Crippen LogP contribution in [0.3, 0.4) is 0 Å². The van der Waals surface area contributed by atoms with Crippen molar-refractivity contribution >= 4 is 5.97 Å². The molecule has 1 aliphatic rings. The fourth-order valence-electron chi connectivity index (χ4n) is 3.07. The summed E-state index contributed by atoms with van der Waals surface area (Å²) < 4.78 is 0. The van der Waals surface area contributed by atoms with E-state index in [1.807, 2.05) is 0 Å². The first-order valence-corrected chi connectivity index (χ1v) is 8.12. The Morgan fingerprint density at radius 2 is 1.95 bits per heavy atom. The second kappa shape index (κ2) is 9.35. The molecule has 2 N–H and O–H groups in total.